The van der Waals surface area contributed by atoms with Crippen molar-refractivity contribution in [1.82, 2.24) is 8.80 Å². The maximum atomic E-state index is 10.4. The van der Waals surface area contributed by atoms with E-state index in [-0.39, 0.29) is 98.8 Å². The number of aromatic nitrogens is 2. The molecule has 9 aromatic carbocycles. The first-order valence-corrected chi connectivity index (χ1v) is 19.6. The van der Waals surface area contributed by atoms with E-state index in [4.69, 9.17) is 6.57 Å². The first-order valence-electron chi connectivity index (χ1n) is 26.6. The van der Waals surface area contributed by atoms with E-state index in [1.54, 1.807) is 119 Å². The highest BCUT2D eigenvalue weighted by atomic mass is 15.2. The number of nitrogens with zero attached hydrogens (tertiary/aromatic N) is 6. The van der Waals surface area contributed by atoms with Gasteiger partial charge in [-0.05, 0) is 90.9 Å². The summed E-state index contributed by atoms with van der Waals surface area (Å²) in [5, 5.41) is 9.79. The van der Waals surface area contributed by atoms with E-state index >= 15 is 0 Å². The first kappa shape index (κ1) is 23.1. The first-order chi connectivity index (χ1) is 36.5. The molecular formula is C56H32N6. The quantitative estimate of drug-likeness (QED) is 0.157. The van der Waals surface area contributed by atoms with Gasteiger partial charge in [0, 0.05) is 65.8 Å². The van der Waals surface area contributed by atoms with Gasteiger partial charge in [-0.1, -0.05) is 103 Å². The topological polar surface area (TPSA) is 43.5 Å². The van der Waals surface area contributed by atoms with Crippen LogP contribution in [0.5, 0.6) is 0 Å². The monoisotopic (exact) mass is 802 g/mol. The molecule has 4 heterocycles. The lowest BCUT2D eigenvalue weighted by Crippen LogP contribution is -2.10. The number of nitriles is 1. The molecule has 13 rings (SSSR count). The summed E-state index contributed by atoms with van der Waals surface area (Å²) in [7, 11) is 0. The zero-order valence-electron chi connectivity index (χ0n) is 46.1. The maximum absolute atomic E-state index is 10.4. The molecule has 0 amide bonds. The van der Waals surface area contributed by atoms with Crippen molar-refractivity contribution in [1.29, 1.82) is 5.26 Å². The van der Waals surface area contributed by atoms with Gasteiger partial charge in [-0.3, -0.25) is 0 Å². The summed E-state index contributed by atoms with van der Waals surface area (Å²) in [5.41, 5.74) is 2.02. The fourth-order valence-electron chi connectivity index (χ4n) is 9.12. The molecule has 0 saturated carbocycles. The molecule has 0 N–H and O–H groups in total. The van der Waals surface area contributed by atoms with Crippen molar-refractivity contribution in [3.63, 3.8) is 0 Å². The van der Waals surface area contributed by atoms with Crippen molar-refractivity contribution in [2.24, 2.45) is 0 Å². The molecule has 6 heteroatoms. The molecule has 0 fully saturated rings. The van der Waals surface area contributed by atoms with Crippen LogP contribution in [0, 0.1) is 17.9 Å². The average Bonchev–Trinajstić information content (AvgIpc) is 4.32. The van der Waals surface area contributed by atoms with Crippen molar-refractivity contribution in [2.75, 3.05) is 9.80 Å². The van der Waals surface area contributed by atoms with Crippen LogP contribution in [-0.4, -0.2) is 8.80 Å². The van der Waals surface area contributed by atoms with Crippen LogP contribution in [-0.2, 0) is 0 Å². The van der Waals surface area contributed by atoms with Gasteiger partial charge in [0.15, 0.2) is 5.69 Å². The summed E-state index contributed by atoms with van der Waals surface area (Å²) < 4.78 is 138. The second-order valence-electron chi connectivity index (χ2n) is 14.8. The van der Waals surface area contributed by atoms with Gasteiger partial charge in [0.25, 0.3) is 0 Å². The number of benzene rings is 9. The van der Waals surface area contributed by atoms with E-state index in [0.717, 1.165) is 0 Å². The molecule has 0 atom stereocenters. The lowest BCUT2D eigenvalue weighted by atomic mass is 10.0. The zero-order valence-corrected chi connectivity index (χ0v) is 32.1. The molecule has 62 heavy (non-hydrogen) atoms. The Morgan fingerprint density at radius 2 is 0.952 bits per heavy atom. The van der Waals surface area contributed by atoms with Gasteiger partial charge >= 0.3 is 0 Å². The summed E-state index contributed by atoms with van der Waals surface area (Å²) in [5.74, 6) is 0. The number of rotatable bonds is 6. The van der Waals surface area contributed by atoms with Gasteiger partial charge in [-0.25, -0.2) is 4.85 Å². The SMILES string of the molecule is [2H]c1c([2H])c([2H])c2c(c1N(c1ccccc1)c1cccc(C#N)c1)c1c([2H])c([2H])c([2H])c3c4c([2H])c5c(c([2H])c4n2c13)c1c([2H])c([2H])c([2H])c2c3c(N(c4ccccc4)c4cccc([N+]#[C-])c4)c([2H])c([2H])c([2H])c3n5c21. The predicted molar refractivity (Wildman–Crippen MR) is 256 cm³/mol. The smallest absolute Gasteiger partial charge is 0.189 e. The second kappa shape index (κ2) is 12.8. The largest absolute Gasteiger partial charge is 0.311 e. The molecule has 0 aliphatic rings. The number of anilines is 6. The van der Waals surface area contributed by atoms with Crippen molar-refractivity contribution >= 4 is 116 Å². The molecule has 0 saturated heterocycles. The van der Waals surface area contributed by atoms with E-state index in [1.807, 2.05) is 0 Å². The van der Waals surface area contributed by atoms with Crippen molar-refractivity contribution < 1.29 is 19.2 Å². The number of hydrogen-bond acceptors (Lipinski definition) is 3. The lowest BCUT2D eigenvalue weighted by Gasteiger charge is -2.26. The van der Waals surface area contributed by atoms with Gasteiger partial charge in [0.05, 0.1) is 81.9 Å². The lowest BCUT2D eigenvalue weighted by molar-refractivity contribution is 1.29. The Morgan fingerprint density at radius 3 is 1.47 bits per heavy atom. The van der Waals surface area contributed by atoms with Crippen LogP contribution in [0.2, 0.25) is 0 Å². The minimum Gasteiger partial charge on any atom is -0.311 e. The van der Waals surface area contributed by atoms with Gasteiger partial charge in [-0.15, -0.1) is 0 Å². The van der Waals surface area contributed by atoms with Gasteiger partial charge in [0.1, 0.15) is 0 Å². The third-order valence-corrected chi connectivity index (χ3v) is 11.6. The van der Waals surface area contributed by atoms with Crippen molar-refractivity contribution in [3.05, 3.63) is 211 Å². The third kappa shape index (κ3) is 4.61. The zero-order chi connectivity index (χ0) is 53.2. The Kier molecular flexibility index (Phi) is 4.78. The normalized spacial score (nSPS) is 15.0. The van der Waals surface area contributed by atoms with Crippen LogP contribution >= 0.6 is 0 Å². The van der Waals surface area contributed by atoms with Crippen LogP contribution in [0.1, 0.15) is 24.8 Å². The predicted octanol–water partition coefficient (Wildman–Crippen LogP) is 15.3. The molecule has 13 aromatic rings. The average molecular weight is 803 g/mol. The summed E-state index contributed by atoms with van der Waals surface area (Å²) in [6.07, 6.45) is 0. The van der Waals surface area contributed by atoms with E-state index in [9.17, 15) is 24.5 Å². The van der Waals surface area contributed by atoms with Crippen LogP contribution < -0.4 is 9.80 Å². The van der Waals surface area contributed by atoms with E-state index in [0.29, 0.717) is 22.7 Å². The Hall–Kier alpha value is -8.84. The Balaban J connectivity index is 1.27. The van der Waals surface area contributed by atoms with Crippen LogP contribution in [0.4, 0.5) is 39.8 Å². The Bertz CT molecular complexity index is 4540. The molecular weight excluding hydrogens is 757 g/mol. The van der Waals surface area contributed by atoms with Crippen LogP contribution in [0.25, 0.3) is 81.0 Å². The highest BCUT2D eigenvalue weighted by Gasteiger charge is 2.27. The standard InChI is InChI=1S/C56H32N6/c1-58-36-15-9-21-40(31-36)60(38-18-6-3-7-19-38)48-27-13-29-50-54(48)44-25-11-23-42-46-32-51-45(33-52(46)62(50)56(42)44)41-22-10-24-43-53-47(26-12-28-49(53)61(51)55(41)43)59(37-16-4-2-5-17-37)39-20-8-14-35(30-39)34-57/h2-33H/i10D,11D,12D,13D,22D,23D,24D,25D,26D,27D,28D,29D,32D,33D. The number of fused-ring (bicyclic) bond motifs is 12. The summed E-state index contributed by atoms with van der Waals surface area (Å²) in [6.45, 7) is 7.82. The fraction of sp³-hybridized carbons (Fsp3) is 0. The highest BCUT2D eigenvalue weighted by molar-refractivity contribution is 6.31. The van der Waals surface area contributed by atoms with Gasteiger partial charge < -0.3 is 18.6 Å². The molecule has 0 aliphatic carbocycles. The fourth-order valence-corrected chi connectivity index (χ4v) is 9.12. The summed E-state index contributed by atoms with van der Waals surface area (Å²) >= 11 is 0. The van der Waals surface area contributed by atoms with E-state index in [2.05, 4.69) is 10.9 Å². The summed E-state index contributed by atoms with van der Waals surface area (Å²) in [4.78, 5) is 6.89. The second-order valence-corrected chi connectivity index (χ2v) is 14.8. The molecule has 6 nitrogen and oxygen atoms in total. The number of para-hydroxylation sites is 4. The van der Waals surface area contributed by atoms with Gasteiger partial charge in [-0.2, -0.15) is 5.26 Å². The number of hydrogen-bond donors (Lipinski definition) is 0. The van der Waals surface area contributed by atoms with Crippen LogP contribution in [0.3, 0.4) is 0 Å². The van der Waals surface area contributed by atoms with Gasteiger partial charge in [0.2, 0.25) is 0 Å². The summed E-state index contributed by atoms with van der Waals surface area (Å²) in [6, 6.07) is 26.0. The molecule has 4 aromatic heterocycles. The molecule has 286 valence electrons. The molecule has 0 bridgehead atoms. The Labute approximate surface area is 375 Å². The molecule has 0 radical (unpaired) electrons. The third-order valence-electron chi connectivity index (χ3n) is 11.6. The molecule has 0 spiro atoms. The minimum atomic E-state index is -0.580. The van der Waals surface area contributed by atoms with E-state index in [1.165, 1.54) is 8.80 Å². The minimum absolute atomic E-state index is 0.00593. The Morgan fingerprint density at radius 1 is 0.484 bits per heavy atom. The van der Waals surface area contributed by atoms with Crippen molar-refractivity contribution in [3.8, 4) is 6.07 Å². The maximum Gasteiger partial charge on any atom is 0.189 e. The highest BCUT2D eigenvalue weighted by Crippen LogP contribution is 2.50. The van der Waals surface area contributed by atoms with Crippen molar-refractivity contribution in [2.45, 2.75) is 0 Å². The van der Waals surface area contributed by atoms with Crippen LogP contribution in [0.15, 0.2) is 194 Å². The van der Waals surface area contributed by atoms with E-state index < -0.39 is 84.6 Å². The molecule has 0 unspecified atom stereocenters. The molecule has 0 aliphatic heterocycles.